The third kappa shape index (κ3) is 6.01. The van der Waals surface area contributed by atoms with Crippen molar-refractivity contribution in [2.24, 2.45) is 5.92 Å². The molecule has 2 N–H and O–H groups in total. The van der Waals surface area contributed by atoms with Gasteiger partial charge in [-0.15, -0.1) is 0 Å². The molecule has 5 aromatic rings. The van der Waals surface area contributed by atoms with Crippen molar-refractivity contribution in [1.29, 1.82) is 0 Å². The molecular formula is C36H33N7O3. The van der Waals surface area contributed by atoms with Crippen LogP contribution >= 0.6 is 0 Å². The Morgan fingerprint density at radius 3 is 2.00 bits per heavy atom. The molecule has 0 aliphatic carbocycles. The van der Waals surface area contributed by atoms with E-state index in [1.807, 2.05) is 35.4 Å². The van der Waals surface area contributed by atoms with Crippen molar-refractivity contribution in [2.75, 3.05) is 25.0 Å². The molecule has 230 valence electrons. The number of nitrogens with one attached hydrogen (secondary N) is 2. The Morgan fingerprint density at radius 2 is 1.33 bits per heavy atom. The van der Waals surface area contributed by atoms with Crippen LogP contribution in [0.4, 0.5) is 5.69 Å². The summed E-state index contributed by atoms with van der Waals surface area (Å²) in [6, 6.07) is 22.8. The molecule has 2 fully saturated rings. The first-order valence-corrected chi connectivity index (χ1v) is 15.5. The van der Waals surface area contributed by atoms with Gasteiger partial charge >= 0.3 is 0 Å². The van der Waals surface area contributed by atoms with E-state index in [1.165, 1.54) is 0 Å². The second-order valence-electron chi connectivity index (χ2n) is 11.7. The Balaban J connectivity index is 0.960. The van der Waals surface area contributed by atoms with Crippen LogP contribution < -0.4 is 5.32 Å². The lowest BCUT2D eigenvalue weighted by atomic mass is 10.0. The Bertz CT molecular complexity index is 1840. The molecule has 7 rings (SSSR count). The maximum atomic E-state index is 13.1. The zero-order chi connectivity index (χ0) is 31.5. The summed E-state index contributed by atoms with van der Waals surface area (Å²) in [7, 11) is 0. The van der Waals surface area contributed by atoms with E-state index in [-0.39, 0.29) is 29.7 Å². The average molecular weight is 612 g/mol. The van der Waals surface area contributed by atoms with Crippen LogP contribution in [0.15, 0.2) is 104 Å². The highest BCUT2D eigenvalue weighted by Crippen LogP contribution is 2.33. The maximum absolute atomic E-state index is 13.1. The van der Waals surface area contributed by atoms with E-state index in [0.717, 1.165) is 46.7 Å². The number of aromatic nitrogens is 4. The molecule has 10 nitrogen and oxygen atoms in total. The third-order valence-electron chi connectivity index (χ3n) is 8.81. The normalized spacial score (nSPS) is 17.7. The van der Waals surface area contributed by atoms with Gasteiger partial charge < -0.3 is 20.1 Å². The van der Waals surface area contributed by atoms with E-state index in [4.69, 9.17) is 0 Å². The summed E-state index contributed by atoms with van der Waals surface area (Å²) in [5.74, 6) is 0.386. The zero-order valence-corrected chi connectivity index (χ0v) is 25.2. The van der Waals surface area contributed by atoms with E-state index >= 15 is 0 Å². The van der Waals surface area contributed by atoms with Gasteiger partial charge in [-0.3, -0.25) is 24.4 Å². The van der Waals surface area contributed by atoms with Gasteiger partial charge in [0, 0.05) is 61.2 Å². The highest BCUT2D eigenvalue weighted by molar-refractivity contribution is 5.97. The van der Waals surface area contributed by atoms with Crippen molar-refractivity contribution in [2.45, 2.75) is 25.3 Å². The van der Waals surface area contributed by atoms with Crippen LogP contribution in [0.3, 0.4) is 0 Å². The fraction of sp³-hybridized carbons (Fsp3) is 0.222. The van der Waals surface area contributed by atoms with Crippen LogP contribution in [0.5, 0.6) is 0 Å². The second kappa shape index (κ2) is 12.8. The summed E-state index contributed by atoms with van der Waals surface area (Å²) in [6.45, 7) is 1.66. The van der Waals surface area contributed by atoms with Gasteiger partial charge in [-0.1, -0.05) is 36.4 Å². The Hall–Kier alpha value is -5.64. The Morgan fingerprint density at radius 1 is 0.717 bits per heavy atom. The number of nitrogens with zero attached hydrogens (tertiary/aromatic N) is 5. The zero-order valence-electron chi connectivity index (χ0n) is 25.2. The first kappa shape index (κ1) is 29.1. The molecule has 46 heavy (non-hydrogen) atoms. The summed E-state index contributed by atoms with van der Waals surface area (Å²) >= 11 is 0. The van der Waals surface area contributed by atoms with Crippen molar-refractivity contribution in [3.8, 4) is 22.4 Å². The van der Waals surface area contributed by atoms with Crippen LogP contribution in [-0.2, 0) is 4.79 Å². The molecule has 3 amide bonds. The number of anilines is 1. The summed E-state index contributed by atoms with van der Waals surface area (Å²) < 4.78 is 0. The minimum atomic E-state index is -0.250. The monoisotopic (exact) mass is 611 g/mol. The highest BCUT2D eigenvalue weighted by Gasteiger charge is 2.33. The first-order chi connectivity index (χ1) is 22.5. The molecular weight excluding hydrogens is 578 g/mol. The highest BCUT2D eigenvalue weighted by atomic mass is 16.2. The minimum Gasteiger partial charge on any atom is -0.340 e. The molecule has 0 spiro atoms. The molecule has 2 saturated heterocycles. The molecule has 2 aromatic carbocycles. The van der Waals surface area contributed by atoms with Crippen LogP contribution in [0, 0.1) is 5.92 Å². The number of amides is 3. The number of H-pyrrole nitrogens is 1. The molecule has 2 atom stereocenters. The van der Waals surface area contributed by atoms with Crippen LogP contribution in [-0.4, -0.2) is 67.1 Å². The Kier molecular flexibility index (Phi) is 8.07. The van der Waals surface area contributed by atoms with E-state index in [1.54, 1.807) is 54.0 Å². The van der Waals surface area contributed by atoms with Gasteiger partial charge in [-0.2, -0.15) is 0 Å². The number of likely N-dealkylation sites (tertiary alicyclic amines) is 2. The van der Waals surface area contributed by atoms with Gasteiger partial charge in [0.05, 0.1) is 23.9 Å². The number of carbonyl (C=O) groups is 3. The lowest BCUT2D eigenvalue weighted by molar-refractivity contribution is -0.119. The van der Waals surface area contributed by atoms with Crippen molar-refractivity contribution in [3.05, 3.63) is 121 Å². The molecule has 2 aliphatic rings. The first-order valence-electron chi connectivity index (χ1n) is 15.5. The lowest BCUT2D eigenvalue weighted by Crippen LogP contribution is -2.31. The molecule has 5 heterocycles. The number of aromatic amines is 1. The quantitative estimate of drug-likeness (QED) is 0.247. The van der Waals surface area contributed by atoms with Crippen molar-refractivity contribution in [3.63, 3.8) is 0 Å². The van der Waals surface area contributed by atoms with Gasteiger partial charge in [0.25, 0.3) is 11.8 Å². The second-order valence-corrected chi connectivity index (χ2v) is 11.7. The number of carbonyl (C=O) groups excluding carboxylic acids is 3. The average Bonchev–Trinajstić information content (AvgIpc) is 3.90. The van der Waals surface area contributed by atoms with Gasteiger partial charge in [-0.05, 0) is 72.4 Å². The molecule has 0 unspecified atom stereocenters. The smallest absolute Gasteiger partial charge is 0.254 e. The topological polar surface area (TPSA) is 124 Å². The van der Waals surface area contributed by atoms with E-state index in [0.29, 0.717) is 37.2 Å². The number of benzene rings is 2. The molecule has 2 aliphatic heterocycles. The largest absolute Gasteiger partial charge is 0.340 e. The Labute approximate surface area is 266 Å². The predicted octanol–water partition coefficient (Wildman–Crippen LogP) is 5.61. The van der Waals surface area contributed by atoms with Crippen molar-refractivity contribution < 1.29 is 14.4 Å². The molecule has 0 radical (unpaired) electrons. The summed E-state index contributed by atoms with van der Waals surface area (Å²) in [5.41, 5.74) is 5.92. The number of rotatable bonds is 7. The van der Waals surface area contributed by atoms with E-state index < -0.39 is 0 Å². The standard InChI is InChI=1S/C36H33N7O3/c44-34(29-15-21-42(23-29)35(45)27-11-16-37-17-12-27)40-30-9-7-25(8-10-30)24-3-5-26(6-4-24)31-22-39-33(41-31)32-2-1-20-43(32)36(46)28-13-18-38-19-14-28/h3-14,16-19,22,29,32H,1-2,15,20-21,23H2,(H,39,41)(H,40,44)/t29-,32+/m1/s1. The number of hydrogen-bond acceptors (Lipinski definition) is 6. The summed E-state index contributed by atoms with van der Waals surface area (Å²) in [6.07, 6.45) is 10.7. The van der Waals surface area contributed by atoms with Crippen LogP contribution in [0.2, 0.25) is 0 Å². The molecule has 0 bridgehead atoms. The fourth-order valence-electron chi connectivity index (χ4n) is 6.28. The van der Waals surface area contributed by atoms with E-state index in [9.17, 15) is 14.4 Å². The maximum Gasteiger partial charge on any atom is 0.254 e. The van der Waals surface area contributed by atoms with Gasteiger partial charge in [-0.25, -0.2) is 4.98 Å². The molecule has 3 aromatic heterocycles. The third-order valence-corrected chi connectivity index (χ3v) is 8.81. The minimum absolute atomic E-state index is 0.00332. The molecule has 0 saturated carbocycles. The lowest BCUT2D eigenvalue weighted by Gasteiger charge is -2.23. The SMILES string of the molecule is O=C(Nc1ccc(-c2ccc(-c3cnc([C@@H]4CCCN4C(=O)c4ccncc4)[nH]3)cc2)cc1)[C@@H]1CCN(C(=O)c2ccncc2)C1. The van der Waals surface area contributed by atoms with Gasteiger partial charge in [0.15, 0.2) is 0 Å². The number of pyridine rings is 2. The van der Waals surface area contributed by atoms with E-state index in [2.05, 4.69) is 49.5 Å². The number of hydrogen-bond donors (Lipinski definition) is 2. The van der Waals surface area contributed by atoms with Gasteiger partial charge in [0.1, 0.15) is 5.82 Å². The van der Waals surface area contributed by atoms with Crippen LogP contribution in [0.1, 0.15) is 51.8 Å². The number of imidazole rings is 1. The van der Waals surface area contributed by atoms with Crippen molar-refractivity contribution in [1.82, 2.24) is 29.7 Å². The predicted molar refractivity (Wildman–Crippen MR) is 174 cm³/mol. The summed E-state index contributed by atoms with van der Waals surface area (Å²) in [5, 5.41) is 3.01. The van der Waals surface area contributed by atoms with Gasteiger partial charge in [0.2, 0.25) is 5.91 Å². The fourth-order valence-corrected chi connectivity index (χ4v) is 6.28. The summed E-state index contributed by atoms with van der Waals surface area (Å²) in [4.78, 5) is 58.5. The van der Waals surface area contributed by atoms with Crippen molar-refractivity contribution >= 4 is 23.4 Å². The molecule has 10 heteroatoms. The van der Waals surface area contributed by atoms with Crippen LogP contribution in [0.25, 0.3) is 22.4 Å².